The molecule has 1 fully saturated rings. The summed E-state index contributed by atoms with van der Waals surface area (Å²) >= 11 is 0. The third kappa shape index (κ3) is 8.50. The van der Waals surface area contributed by atoms with Crippen LogP contribution < -0.4 is 0 Å². The van der Waals surface area contributed by atoms with E-state index < -0.39 is 30.1 Å². The number of aliphatic hydroxyl groups is 1. The van der Waals surface area contributed by atoms with Gasteiger partial charge >= 0.3 is 12.1 Å². The van der Waals surface area contributed by atoms with Crippen molar-refractivity contribution in [3.05, 3.63) is 66.0 Å². The van der Waals surface area contributed by atoms with Gasteiger partial charge in [0.25, 0.3) is 0 Å². The van der Waals surface area contributed by atoms with Crippen LogP contribution in [0.5, 0.6) is 0 Å². The fourth-order valence-corrected chi connectivity index (χ4v) is 5.21. The van der Waals surface area contributed by atoms with E-state index in [9.17, 15) is 19.1 Å². The Labute approximate surface area is 241 Å². The van der Waals surface area contributed by atoms with Crippen LogP contribution in [-0.2, 0) is 14.3 Å². The van der Waals surface area contributed by atoms with Crippen molar-refractivity contribution in [2.24, 2.45) is 11.8 Å². The lowest BCUT2D eigenvalue weighted by molar-refractivity contribution is -0.151. The van der Waals surface area contributed by atoms with E-state index in [1.807, 2.05) is 46.0 Å². The van der Waals surface area contributed by atoms with E-state index >= 15 is 0 Å². The number of likely N-dealkylation sites (N-methyl/N-ethyl adjacent to an activating group) is 1. The Bertz CT molecular complexity index is 1240. The third-order valence-electron chi connectivity index (χ3n) is 7.81. The van der Waals surface area contributed by atoms with Gasteiger partial charge in [-0.3, -0.25) is 4.79 Å². The Morgan fingerprint density at radius 2 is 1.90 bits per heavy atom. The van der Waals surface area contributed by atoms with Crippen LogP contribution in [0.4, 0.5) is 9.18 Å². The molecule has 0 aliphatic carbocycles. The molecule has 9 nitrogen and oxygen atoms in total. The summed E-state index contributed by atoms with van der Waals surface area (Å²) in [5.41, 5.74) is 1.94. The molecule has 2 aliphatic rings. The molecular formula is C31H41FN4O5. The van der Waals surface area contributed by atoms with Crippen LogP contribution in [0.2, 0.25) is 0 Å². The highest BCUT2D eigenvalue weighted by atomic mass is 19.1. The zero-order chi connectivity index (χ0) is 29.5. The number of hydrogen-bond acceptors (Lipinski definition) is 7. The molecule has 0 bridgehead atoms. The van der Waals surface area contributed by atoms with Crippen LogP contribution in [0.15, 0.2) is 54.6 Å². The van der Waals surface area contributed by atoms with Gasteiger partial charge in [-0.1, -0.05) is 26.0 Å². The van der Waals surface area contributed by atoms with Crippen LogP contribution in [0.1, 0.15) is 45.6 Å². The minimum Gasteiger partial charge on any atom is -0.457 e. The van der Waals surface area contributed by atoms with Gasteiger partial charge in [-0.05, 0) is 68.1 Å². The number of piperazine rings is 1. The minimum atomic E-state index is -0.872. The number of halogens is 1. The lowest BCUT2D eigenvalue weighted by Crippen LogP contribution is -2.48. The summed E-state index contributed by atoms with van der Waals surface area (Å²) < 4.78 is 28.1. The molecule has 1 amide bonds. The molecular weight excluding hydrogens is 527 g/mol. The Hall–Kier alpha value is -3.50. The van der Waals surface area contributed by atoms with Gasteiger partial charge in [0.1, 0.15) is 18.0 Å². The number of carbonyl (C=O) groups is 2. The Kier molecular flexibility index (Phi) is 10.3. The van der Waals surface area contributed by atoms with Crippen LogP contribution in [-0.4, -0.2) is 88.1 Å². The molecule has 1 saturated heterocycles. The third-order valence-corrected chi connectivity index (χ3v) is 7.81. The lowest BCUT2D eigenvalue weighted by Gasteiger charge is -2.33. The normalized spacial score (nSPS) is 27.9. The SMILES string of the molecule is C/C(=C\c1cc(F)cc(-n2ccnc2)c1)[C@H]1OC(=O)C[C@H](O)CC[C@H](C)[C@@H](OC(=O)N2CCN(C)CC2)/C=C/[C@@H]1C. The van der Waals surface area contributed by atoms with Gasteiger partial charge in [0.05, 0.1) is 18.9 Å². The predicted octanol–water partition coefficient (Wildman–Crippen LogP) is 4.45. The van der Waals surface area contributed by atoms with Crippen LogP contribution in [0.25, 0.3) is 11.8 Å². The average Bonchev–Trinajstić information content (AvgIpc) is 3.47. The van der Waals surface area contributed by atoms with E-state index in [2.05, 4.69) is 9.88 Å². The highest BCUT2D eigenvalue weighted by Crippen LogP contribution is 2.26. The fraction of sp³-hybridized carbons (Fsp3) is 0.516. The fourth-order valence-electron chi connectivity index (χ4n) is 5.21. The number of aliphatic hydroxyl groups excluding tert-OH is 1. The van der Waals surface area contributed by atoms with E-state index in [1.165, 1.54) is 12.1 Å². The van der Waals surface area contributed by atoms with Crippen LogP contribution in [0, 0.1) is 17.7 Å². The van der Waals surface area contributed by atoms with Gasteiger partial charge in [-0.25, -0.2) is 14.2 Å². The largest absolute Gasteiger partial charge is 0.457 e. The monoisotopic (exact) mass is 568 g/mol. The summed E-state index contributed by atoms with van der Waals surface area (Å²) in [6.45, 7) is 8.54. The lowest BCUT2D eigenvalue weighted by atomic mass is 9.91. The standard InChI is InChI=1S/C31H41FN4O5/c1-21-5-7-27(37)19-29(38)41-30(22(2)6-8-28(21)40-31(39)35-13-11-34(4)12-14-35)23(3)15-24-16-25(32)18-26(17-24)36-10-9-33-20-36/h6,8-10,15-18,20-22,27-28,30,37H,5,7,11-14,19H2,1-4H3/b8-6+,23-15+/t21-,22-,27+,28-,30-/m0/s1. The second-order valence-electron chi connectivity index (χ2n) is 11.3. The molecule has 222 valence electrons. The number of esters is 1. The average molecular weight is 569 g/mol. The first-order chi connectivity index (χ1) is 19.6. The van der Waals surface area contributed by atoms with Crippen molar-refractivity contribution >= 4 is 18.1 Å². The number of imidazole rings is 1. The second-order valence-corrected chi connectivity index (χ2v) is 11.3. The quantitative estimate of drug-likeness (QED) is 0.430. The molecule has 1 N–H and O–H groups in total. The molecule has 4 rings (SSSR count). The van der Waals surface area contributed by atoms with Gasteiger partial charge in [0, 0.05) is 50.2 Å². The Morgan fingerprint density at radius 3 is 2.61 bits per heavy atom. The van der Waals surface area contributed by atoms with Gasteiger partial charge < -0.3 is 28.9 Å². The second kappa shape index (κ2) is 13.9. The molecule has 0 unspecified atom stereocenters. The maximum Gasteiger partial charge on any atom is 0.410 e. The van der Waals surface area contributed by atoms with E-state index in [-0.39, 0.29) is 24.3 Å². The van der Waals surface area contributed by atoms with Crippen molar-refractivity contribution < 1.29 is 28.6 Å². The zero-order valence-corrected chi connectivity index (χ0v) is 24.3. The number of ether oxygens (including phenoxy) is 2. The number of cyclic esters (lactones) is 1. The highest BCUT2D eigenvalue weighted by molar-refractivity contribution is 5.71. The number of hydrogen-bond donors (Lipinski definition) is 1. The first kappa shape index (κ1) is 30.5. The van der Waals surface area contributed by atoms with E-state index in [0.717, 1.165) is 13.1 Å². The van der Waals surface area contributed by atoms with Crippen molar-refractivity contribution in [3.63, 3.8) is 0 Å². The predicted molar refractivity (Wildman–Crippen MR) is 154 cm³/mol. The van der Waals surface area contributed by atoms with Crippen molar-refractivity contribution in [1.82, 2.24) is 19.4 Å². The van der Waals surface area contributed by atoms with Gasteiger partial charge in [-0.15, -0.1) is 0 Å². The molecule has 0 radical (unpaired) electrons. The molecule has 0 saturated carbocycles. The minimum absolute atomic E-state index is 0.0658. The van der Waals surface area contributed by atoms with Crippen molar-refractivity contribution in [2.45, 2.75) is 58.3 Å². The van der Waals surface area contributed by atoms with Gasteiger partial charge in [-0.2, -0.15) is 0 Å². The number of nitrogens with zero attached hydrogens (tertiary/aromatic N) is 4. The Balaban J connectivity index is 1.58. The molecule has 2 aliphatic heterocycles. The van der Waals surface area contributed by atoms with Crippen LogP contribution >= 0.6 is 0 Å². The molecule has 0 spiro atoms. The topological polar surface area (TPSA) is 97.1 Å². The zero-order valence-electron chi connectivity index (χ0n) is 24.3. The first-order valence-corrected chi connectivity index (χ1v) is 14.3. The Morgan fingerprint density at radius 1 is 1.15 bits per heavy atom. The maximum atomic E-state index is 14.5. The summed E-state index contributed by atoms with van der Waals surface area (Å²) in [4.78, 5) is 33.7. The number of aromatic nitrogens is 2. The summed E-state index contributed by atoms with van der Waals surface area (Å²) in [6.07, 6.45) is 8.94. The van der Waals surface area contributed by atoms with E-state index in [0.29, 0.717) is 42.8 Å². The van der Waals surface area contributed by atoms with Gasteiger partial charge in [0.2, 0.25) is 0 Å². The van der Waals surface area contributed by atoms with Crippen molar-refractivity contribution in [2.75, 3.05) is 33.2 Å². The summed E-state index contributed by atoms with van der Waals surface area (Å²) in [5.74, 6) is -1.25. The van der Waals surface area contributed by atoms with Crippen LogP contribution in [0.3, 0.4) is 0 Å². The molecule has 41 heavy (non-hydrogen) atoms. The summed E-state index contributed by atoms with van der Waals surface area (Å²) in [6, 6.07) is 4.66. The summed E-state index contributed by atoms with van der Waals surface area (Å²) in [7, 11) is 2.03. The number of amides is 1. The summed E-state index contributed by atoms with van der Waals surface area (Å²) in [5, 5.41) is 10.6. The number of carbonyl (C=O) groups excluding carboxylic acids is 2. The molecule has 3 heterocycles. The van der Waals surface area contributed by atoms with E-state index in [4.69, 9.17) is 9.47 Å². The van der Waals surface area contributed by atoms with Crippen molar-refractivity contribution in [3.8, 4) is 5.69 Å². The van der Waals surface area contributed by atoms with Gasteiger partial charge in [0.15, 0.2) is 0 Å². The first-order valence-electron chi connectivity index (χ1n) is 14.3. The highest BCUT2D eigenvalue weighted by Gasteiger charge is 2.29. The maximum absolute atomic E-state index is 14.5. The molecule has 2 aromatic rings. The smallest absolute Gasteiger partial charge is 0.410 e. The number of rotatable bonds is 4. The van der Waals surface area contributed by atoms with Crippen molar-refractivity contribution in [1.29, 1.82) is 0 Å². The van der Waals surface area contributed by atoms with E-state index in [1.54, 1.807) is 34.3 Å². The molecule has 10 heteroatoms. The molecule has 1 aromatic carbocycles. The molecule has 5 atom stereocenters. The molecule has 1 aromatic heterocycles. The number of benzene rings is 1.